The molecule has 2 saturated heterocycles. The van der Waals surface area contributed by atoms with Crippen molar-refractivity contribution in [2.75, 3.05) is 26.3 Å². The van der Waals surface area contributed by atoms with Crippen LogP contribution >= 0.6 is 0 Å². The maximum Gasteiger partial charge on any atom is 0.112 e. The van der Waals surface area contributed by atoms with Crippen molar-refractivity contribution in [1.29, 1.82) is 0 Å². The van der Waals surface area contributed by atoms with E-state index in [4.69, 9.17) is 9.72 Å². The highest BCUT2D eigenvalue weighted by atomic mass is 16.5. The van der Waals surface area contributed by atoms with Gasteiger partial charge in [0.2, 0.25) is 0 Å². The van der Waals surface area contributed by atoms with Gasteiger partial charge in [-0.1, -0.05) is 0 Å². The van der Waals surface area contributed by atoms with Gasteiger partial charge < -0.3 is 9.30 Å². The molecule has 0 amide bonds. The molecule has 2 aliphatic heterocycles. The number of likely N-dealkylation sites (tertiary alicyclic amines) is 1. The number of imidazole rings is 1. The number of hydrogen-bond acceptors (Lipinski definition) is 4. The second-order valence-electron chi connectivity index (χ2n) is 7.79. The minimum Gasteiger partial charge on any atom is -0.381 e. The number of nitrogens with zero attached hydrogens (tertiary/aromatic N) is 5. The first-order valence-electron chi connectivity index (χ1n) is 10.0. The Hall–Kier alpha value is -1.66. The molecule has 0 aliphatic carbocycles. The molecule has 2 aromatic rings. The summed E-state index contributed by atoms with van der Waals surface area (Å²) in [6.45, 7) is 12.4. The molecule has 0 saturated carbocycles. The first-order valence-corrected chi connectivity index (χ1v) is 10.0. The molecule has 0 aromatic carbocycles. The molecule has 0 N–H and O–H groups in total. The van der Waals surface area contributed by atoms with Gasteiger partial charge >= 0.3 is 0 Å². The standard InChI is InChI=1S/C20H31N5O/c1-4-24-13-18(16(3)22-24)12-23-8-5-19(14-23)25-15(2)11-21-20(25)17-6-9-26-10-7-17/h11,13,17,19H,4-10,12,14H2,1-3H3. The molecule has 4 rings (SSSR count). The van der Waals surface area contributed by atoms with Gasteiger partial charge in [0.25, 0.3) is 0 Å². The van der Waals surface area contributed by atoms with Crippen LogP contribution in [0.5, 0.6) is 0 Å². The van der Waals surface area contributed by atoms with Crippen LogP contribution in [0.3, 0.4) is 0 Å². The predicted octanol–water partition coefficient (Wildman–Crippen LogP) is 3.06. The Morgan fingerprint density at radius 1 is 1.19 bits per heavy atom. The molecule has 1 unspecified atom stereocenters. The van der Waals surface area contributed by atoms with Crippen molar-refractivity contribution in [3.8, 4) is 0 Å². The SMILES string of the molecule is CCn1cc(CN2CCC(n3c(C)cnc3C3CCOCC3)C2)c(C)n1. The van der Waals surface area contributed by atoms with Crippen LogP contribution in [0.1, 0.15) is 60.9 Å². The van der Waals surface area contributed by atoms with Crippen LogP contribution < -0.4 is 0 Å². The Labute approximate surface area is 156 Å². The average Bonchev–Trinajstić information content (AvgIpc) is 3.35. The Morgan fingerprint density at radius 2 is 2.00 bits per heavy atom. The van der Waals surface area contributed by atoms with Gasteiger partial charge in [0.1, 0.15) is 5.82 Å². The highest BCUT2D eigenvalue weighted by molar-refractivity contribution is 5.16. The van der Waals surface area contributed by atoms with E-state index in [1.807, 2.05) is 4.68 Å². The molecular weight excluding hydrogens is 326 g/mol. The minimum absolute atomic E-state index is 0.539. The van der Waals surface area contributed by atoms with E-state index in [1.165, 1.54) is 23.5 Å². The molecule has 2 fully saturated rings. The van der Waals surface area contributed by atoms with E-state index < -0.39 is 0 Å². The summed E-state index contributed by atoms with van der Waals surface area (Å²) in [5, 5.41) is 4.59. The highest BCUT2D eigenvalue weighted by Crippen LogP contribution is 2.32. The first kappa shape index (κ1) is 17.7. The average molecular weight is 358 g/mol. The maximum atomic E-state index is 5.55. The van der Waals surface area contributed by atoms with Gasteiger partial charge in [0.05, 0.1) is 5.69 Å². The van der Waals surface area contributed by atoms with Crippen LogP contribution in [0.2, 0.25) is 0 Å². The van der Waals surface area contributed by atoms with E-state index in [1.54, 1.807) is 0 Å². The fourth-order valence-electron chi connectivity index (χ4n) is 4.48. The molecule has 0 spiro atoms. The van der Waals surface area contributed by atoms with Crippen molar-refractivity contribution in [2.45, 2.75) is 65.1 Å². The molecule has 4 heterocycles. The van der Waals surface area contributed by atoms with E-state index in [0.29, 0.717) is 12.0 Å². The summed E-state index contributed by atoms with van der Waals surface area (Å²) in [5.74, 6) is 1.84. The quantitative estimate of drug-likeness (QED) is 0.825. The summed E-state index contributed by atoms with van der Waals surface area (Å²) in [7, 11) is 0. The number of ether oxygens (including phenoxy) is 1. The molecule has 0 radical (unpaired) electrons. The molecule has 2 aliphatic rings. The lowest BCUT2D eigenvalue weighted by molar-refractivity contribution is 0.0824. The lowest BCUT2D eigenvalue weighted by Crippen LogP contribution is -2.24. The smallest absolute Gasteiger partial charge is 0.112 e. The summed E-state index contributed by atoms with van der Waals surface area (Å²) in [6, 6.07) is 0.539. The maximum absolute atomic E-state index is 5.55. The number of aromatic nitrogens is 4. The fourth-order valence-corrected chi connectivity index (χ4v) is 4.48. The zero-order valence-corrected chi connectivity index (χ0v) is 16.3. The van der Waals surface area contributed by atoms with Crippen LogP contribution in [0.15, 0.2) is 12.4 Å². The topological polar surface area (TPSA) is 48.1 Å². The van der Waals surface area contributed by atoms with Crippen molar-refractivity contribution in [2.24, 2.45) is 0 Å². The Bertz CT molecular complexity index is 743. The number of aryl methyl sites for hydroxylation is 3. The van der Waals surface area contributed by atoms with Crippen molar-refractivity contribution < 1.29 is 4.74 Å². The van der Waals surface area contributed by atoms with E-state index in [2.05, 4.69) is 47.7 Å². The molecule has 26 heavy (non-hydrogen) atoms. The van der Waals surface area contributed by atoms with Gasteiger partial charge in [-0.05, 0) is 40.0 Å². The number of hydrogen-bond donors (Lipinski definition) is 0. The van der Waals surface area contributed by atoms with Crippen molar-refractivity contribution in [3.05, 3.63) is 35.2 Å². The molecule has 1 atom stereocenters. The van der Waals surface area contributed by atoms with Crippen molar-refractivity contribution in [1.82, 2.24) is 24.2 Å². The molecule has 0 bridgehead atoms. The highest BCUT2D eigenvalue weighted by Gasteiger charge is 2.30. The zero-order valence-electron chi connectivity index (χ0n) is 16.3. The predicted molar refractivity (Wildman–Crippen MR) is 101 cm³/mol. The fraction of sp³-hybridized carbons (Fsp3) is 0.700. The number of rotatable bonds is 5. The second-order valence-corrected chi connectivity index (χ2v) is 7.79. The van der Waals surface area contributed by atoms with Gasteiger partial charge in [-0.2, -0.15) is 5.10 Å². The summed E-state index contributed by atoms with van der Waals surface area (Å²) in [4.78, 5) is 7.37. The largest absolute Gasteiger partial charge is 0.381 e. The molecule has 6 nitrogen and oxygen atoms in total. The molecule has 2 aromatic heterocycles. The van der Waals surface area contributed by atoms with Crippen LogP contribution in [0, 0.1) is 13.8 Å². The lowest BCUT2D eigenvalue weighted by Gasteiger charge is -2.26. The monoisotopic (exact) mass is 357 g/mol. The Balaban J connectivity index is 1.47. The zero-order chi connectivity index (χ0) is 18.1. The third-order valence-corrected chi connectivity index (χ3v) is 5.98. The Kier molecular flexibility index (Phi) is 5.14. The second kappa shape index (κ2) is 7.53. The van der Waals surface area contributed by atoms with Crippen molar-refractivity contribution in [3.63, 3.8) is 0 Å². The summed E-state index contributed by atoms with van der Waals surface area (Å²) >= 11 is 0. The van der Waals surface area contributed by atoms with Crippen LogP contribution in [0.4, 0.5) is 0 Å². The lowest BCUT2D eigenvalue weighted by atomic mass is 9.99. The van der Waals surface area contributed by atoms with Crippen LogP contribution in [-0.4, -0.2) is 50.5 Å². The van der Waals surface area contributed by atoms with Gasteiger partial charge in [0.15, 0.2) is 0 Å². The van der Waals surface area contributed by atoms with Gasteiger partial charge in [-0.3, -0.25) is 9.58 Å². The third kappa shape index (κ3) is 3.45. The molecule has 6 heteroatoms. The molecule has 142 valence electrons. The van der Waals surface area contributed by atoms with E-state index >= 15 is 0 Å². The minimum atomic E-state index is 0.539. The van der Waals surface area contributed by atoms with Crippen LogP contribution in [0.25, 0.3) is 0 Å². The molecular formula is C20H31N5O. The van der Waals surface area contributed by atoms with Gasteiger partial charge in [-0.15, -0.1) is 0 Å². The van der Waals surface area contributed by atoms with Crippen LogP contribution in [-0.2, 0) is 17.8 Å². The third-order valence-electron chi connectivity index (χ3n) is 5.98. The van der Waals surface area contributed by atoms with E-state index in [-0.39, 0.29) is 0 Å². The summed E-state index contributed by atoms with van der Waals surface area (Å²) in [5.41, 5.74) is 3.82. The normalized spacial score (nSPS) is 22.3. The summed E-state index contributed by atoms with van der Waals surface area (Å²) in [6.07, 6.45) is 7.67. The van der Waals surface area contributed by atoms with Crippen molar-refractivity contribution >= 4 is 0 Å². The van der Waals surface area contributed by atoms with Gasteiger partial charge in [-0.25, -0.2) is 4.98 Å². The Morgan fingerprint density at radius 3 is 2.73 bits per heavy atom. The van der Waals surface area contributed by atoms with E-state index in [0.717, 1.165) is 57.9 Å². The summed E-state index contributed by atoms with van der Waals surface area (Å²) < 4.78 is 10.1. The van der Waals surface area contributed by atoms with Gasteiger partial charge in [0, 0.05) is 75.0 Å². The first-order chi connectivity index (χ1) is 12.7. The van der Waals surface area contributed by atoms with E-state index in [9.17, 15) is 0 Å².